The van der Waals surface area contributed by atoms with Crippen molar-refractivity contribution in [2.75, 3.05) is 39.8 Å². The van der Waals surface area contributed by atoms with E-state index in [0.29, 0.717) is 12.2 Å². The van der Waals surface area contributed by atoms with Gasteiger partial charge in [0.2, 0.25) is 0 Å². The summed E-state index contributed by atoms with van der Waals surface area (Å²) in [6, 6.07) is 7.74. The topological polar surface area (TPSA) is 49.9 Å². The number of Topliss-reactive ketones (excluding diaryl/α,β-unsaturated/α-hetero) is 1. The van der Waals surface area contributed by atoms with Gasteiger partial charge in [-0.2, -0.15) is 0 Å². The lowest BCUT2D eigenvalue weighted by atomic mass is 10.0. The molecule has 1 fully saturated rings. The summed E-state index contributed by atoms with van der Waals surface area (Å²) in [5.41, 5.74) is 1.88. The summed E-state index contributed by atoms with van der Waals surface area (Å²) in [5, 5.41) is 0. The molecule has 0 saturated carbocycles. The Kier molecular flexibility index (Phi) is 6.74. The average molecular weight is 318 g/mol. The maximum atomic E-state index is 12.1. The van der Waals surface area contributed by atoms with Crippen LogP contribution in [-0.2, 0) is 16.1 Å². The van der Waals surface area contributed by atoms with Crippen molar-refractivity contribution >= 4 is 11.8 Å². The molecule has 126 valence electrons. The molecule has 23 heavy (non-hydrogen) atoms. The number of rotatable bonds is 7. The van der Waals surface area contributed by atoms with Gasteiger partial charge < -0.3 is 9.64 Å². The molecule has 1 saturated heterocycles. The molecule has 0 unspecified atom stereocenters. The zero-order valence-corrected chi connectivity index (χ0v) is 14.1. The van der Waals surface area contributed by atoms with Crippen LogP contribution in [0.1, 0.15) is 35.7 Å². The molecular formula is C18H26N2O3. The first kappa shape index (κ1) is 17.6. The minimum absolute atomic E-state index is 0.01000. The highest BCUT2D eigenvalue weighted by Gasteiger charge is 2.14. The van der Waals surface area contributed by atoms with Crippen molar-refractivity contribution in [1.82, 2.24) is 9.80 Å². The van der Waals surface area contributed by atoms with Crippen LogP contribution in [-0.4, -0.2) is 61.4 Å². The molecular weight excluding hydrogens is 292 g/mol. The monoisotopic (exact) mass is 318 g/mol. The first-order valence-electron chi connectivity index (χ1n) is 8.27. The predicted molar refractivity (Wildman–Crippen MR) is 89.4 cm³/mol. The second-order valence-corrected chi connectivity index (χ2v) is 6.00. The third-order valence-electron chi connectivity index (χ3n) is 4.14. The van der Waals surface area contributed by atoms with Gasteiger partial charge in [-0.1, -0.05) is 24.3 Å². The molecule has 5 heteroatoms. The number of nitrogens with zero attached hydrogens (tertiary/aromatic N) is 2. The summed E-state index contributed by atoms with van der Waals surface area (Å²) in [4.78, 5) is 28.1. The van der Waals surface area contributed by atoms with Crippen LogP contribution in [0.5, 0.6) is 0 Å². The van der Waals surface area contributed by atoms with Crippen LogP contribution in [0.25, 0.3) is 0 Å². The van der Waals surface area contributed by atoms with Crippen LogP contribution in [0.15, 0.2) is 24.3 Å². The molecule has 0 aromatic heterocycles. The van der Waals surface area contributed by atoms with Crippen molar-refractivity contribution in [3.63, 3.8) is 0 Å². The van der Waals surface area contributed by atoms with Crippen molar-refractivity contribution in [1.29, 1.82) is 0 Å². The molecule has 5 nitrogen and oxygen atoms in total. The lowest BCUT2D eigenvalue weighted by Crippen LogP contribution is -2.43. The molecule has 0 bridgehead atoms. The van der Waals surface area contributed by atoms with Gasteiger partial charge in [0.25, 0.3) is 0 Å². The van der Waals surface area contributed by atoms with Crippen molar-refractivity contribution in [2.24, 2.45) is 0 Å². The van der Waals surface area contributed by atoms with E-state index in [9.17, 15) is 9.59 Å². The van der Waals surface area contributed by atoms with Crippen molar-refractivity contribution in [3.8, 4) is 0 Å². The first-order valence-corrected chi connectivity index (χ1v) is 8.27. The highest BCUT2D eigenvalue weighted by Crippen LogP contribution is 2.12. The molecule has 0 atom stereocenters. The van der Waals surface area contributed by atoms with Gasteiger partial charge in [-0.25, -0.2) is 0 Å². The molecule has 0 spiro atoms. The molecule has 1 aromatic rings. The standard InChI is InChI=1S/C18H26N2O3/c1-3-23-18(22)9-8-17(21)16-6-4-15(5-7-16)14-20-12-10-19(2)11-13-20/h4-7H,3,8-14H2,1-2H3. The van der Waals surface area contributed by atoms with Gasteiger partial charge in [-0.05, 0) is 19.5 Å². The predicted octanol–water partition coefficient (Wildman–Crippen LogP) is 1.96. The Morgan fingerprint density at radius 2 is 1.70 bits per heavy atom. The number of benzene rings is 1. The molecule has 1 aromatic carbocycles. The van der Waals surface area contributed by atoms with Gasteiger partial charge in [-0.3, -0.25) is 14.5 Å². The second kappa shape index (κ2) is 8.79. The number of esters is 1. The van der Waals surface area contributed by atoms with Gasteiger partial charge in [0.05, 0.1) is 13.0 Å². The van der Waals surface area contributed by atoms with Gasteiger partial charge >= 0.3 is 5.97 Å². The third-order valence-corrected chi connectivity index (χ3v) is 4.14. The highest BCUT2D eigenvalue weighted by molar-refractivity contribution is 5.97. The lowest BCUT2D eigenvalue weighted by molar-refractivity contribution is -0.143. The summed E-state index contributed by atoms with van der Waals surface area (Å²) in [7, 11) is 2.15. The van der Waals surface area contributed by atoms with Crippen molar-refractivity contribution in [2.45, 2.75) is 26.3 Å². The van der Waals surface area contributed by atoms with E-state index in [-0.39, 0.29) is 24.6 Å². The van der Waals surface area contributed by atoms with Gasteiger partial charge in [0, 0.05) is 44.7 Å². The zero-order valence-electron chi connectivity index (χ0n) is 14.1. The summed E-state index contributed by atoms with van der Waals surface area (Å²) < 4.78 is 4.84. The van der Waals surface area contributed by atoms with Crippen molar-refractivity contribution < 1.29 is 14.3 Å². The minimum Gasteiger partial charge on any atom is -0.466 e. The molecule has 1 aliphatic heterocycles. The molecule has 0 N–H and O–H groups in total. The van der Waals surface area contributed by atoms with Gasteiger partial charge in [0.1, 0.15) is 0 Å². The number of hydrogen-bond acceptors (Lipinski definition) is 5. The maximum Gasteiger partial charge on any atom is 0.306 e. The van der Waals surface area contributed by atoms with E-state index < -0.39 is 0 Å². The van der Waals surface area contributed by atoms with E-state index in [4.69, 9.17) is 4.74 Å². The highest BCUT2D eigenvalue weighted by atomic mass is 16.5. The Balaban J connectivity index is 1.81. The summed E-state index contributed by atoms with van der Waals surface area (Å²) >= 11 is 0. The molecule has 0 radical (unpaired) electrons. The number of piperazine rings is 1. The SMILES string of the molecule is CCOC(=O)CCC(=O)c1ccc(CN2CCN(C)CC2)cc1. The number of hydrogen-bond donors (Lipinski definition) is 0. The normalized spacial score (nSPS) is 16.3. The molecule has 0 aliphatic carbocycles. The number of carbonyl (C=O) groups is 2. The fourth-order valence-corrected chi connectivity index (χ4v) is 2.65. The fraction of sp³-hybridized carbons (Fsp3) is 0.556. The van der Waals surface area contributed by atoms with E-state index in [2.05, 4.69) is 16.8 Å². The van der Waals surface area contributed by atoms with Crippen LogP contribution < -0.4 is 0 Å². The molecule has 0 amide bonds. The van der Waals surface area contributed by atoms with E-state index in [1.54, 1.807) is 6.92 Å². The Labute approximate surface area is 138 Å². The Bertz CT molecular complexity index is 520. The first-order chi connectivity index (χ1) is 11.1. The Morgan fingerprint density at radius 3 is 2.30 bits per heavy atom. The fourth-order valence-electron chi connectivity index (χ4n) is 2.65. The Hall–Kier alpha value is -1.72. The summed E-state index contributed by atoms with van der Waals surface area (Å²) in [5.74, 6) is -0.322. The largest absolute Gasteiger partial charge is 0.466 e. The van der Waals surface area contributed by atoms with Crippen molar-refractivity contribution in [3.05, 3.63) is 35.4 Å². The summed E-state index contributed by atoms with van der Waals surface area (Å²) in [6.07, 6.45) is 0.354. The average Bonchev–Trinajstić information content (AvgIpc) is 2.56. The maximum absolute atomic E-state index is 12.1. The van der Waals surface area contributed by atoms with E-state index in [1.165, 1.54) is 5.56 Å². The van der Waals surface area contributed by atoms with Crippen LogP contribution >= 0.6 is 0 Å². The van der Waals surface area contributed by atoms with E-state index >= 15 is 0 Å². The zero-order chi connectivity index (χ0) is 16.7. The summed E-state index contributed by atoms with van der Waals surface area (Å²) in [6.45, 7) is 7.40. The Morgan fingerprint density at radius 1 is 1.04 bits per heavy atom. The van der Waals surface area contributed by atoms with Crippen LogP contribution in [0.4, 0.5) is 0 Å². The number of ketones is 1. The van der Waals surface area contributed by atoms with E-state index in [0.717, 1.165) is 32.7 Å². The minimum atomic E-state index is -0.312. The lowest BCUT2D eigenvalue weighted by Gasteiger charge is -2.32. The quantitative estimate of drug-likeness (QED) is 0.568. The van der Waals surface area contributed by atoms with Crippen LogP contribution in [0, 0.1) is 0 Å². The van der Waals surface area contributed by atoms with E-state index in [1.807, 2.05) is 24.3 Å². The molecule has 2 rings (SSSR count). The number of carbonyl (C=O) groups excluding carboxylic acids is 2. The van der Waals surface area contributed by atoms with Crippen LogP contribution in [0.3, 0.4) is 0 Å². The number of likely N-dealkylation sites (N-methyl/N-ethyl adjacent to an activating group) is 1. The van der Waals surface area contributed by atoms with Gasteiger partial charge in [0.15, 0.2) is 5.78 Å². The third kappa shape index (κ3) is 5.77. The van der Waals surface area contributed by atoms with Gasteiger partial charge in [-0.15, -0.1) is 0 Å². The van der Waals surface area contributed by atoms with Crippen LogP contribution in [0.2, 0.25) is 0 Å². The molecule has 1 heterocycles. The smallest absolute Gasteiger partial charge is 0.306 e. The molecule has 1 aliphatic rings. The second-order valence-electron chi connectivity index (χ2n) is 6.00. The number of ether oxygens (including phenoxy) is 1.